The first-order valence-corrected chi connectivity index (χ1v) is 6.13. The lowest BCUT2D eigenvalue weighted by molar-refractivity contribution is -0.130. The fourth-order valence-corrected chi connectivity index (χ4v) is 3.31. The van der Waals surface area contributed by atoms with Crippen molar-refractivity contribution >= 4 is 5.91 Å². The standard InChI is InChI=1S/C13H22N2O/c1-5-12(16)14-8-10-6-7-11(9-14)15(10)13(2,3)4/h5,10-11H,1,6-9H2,2-4H3/t10-,11+. The van der Waals surface area contributed by atoms with Crippen LogP contribution < -0.4 is 0 Å². The normalized spacial score (nSPS) is 30.6. The first kappa shape index (κ1) is 11.6. The van der Waals surface area contributed by atoms with Crippen molar-refractivity contribution in [3.8, 4) is 0 Å². The van der Waals surface area contributed by atoms with Crippen LogP contribution in [0, 0.1) is 0 Å². The maximum absolute atomic E-state index is 11.6. The molecule has 2 heterocycles. The summed E-state index contributed by atoms with van der Waals surface area (Å²) in [4.78, 5) is 16.2. The summed E-state index contributed by atoms with van der Waals surface area (Å²) in [5.41, 5.74) is 0.217. The molecular formula is C13H22N2O. The van der Waals surface area contributed by atoms with E-state index >= 15 is 0 Å². The Morgan fingerprint density at radius 1 is 1.25 bits per heavy atom. The highest BCUT2D eigenvalue weighted by Crippen LogP contribution is 2.35. The van der Waals surface area contributed by atoms with Crippen LogP contribution in [0.4, 0.5) is 0 Å². The predicted octanol–water partition coefficient (Wildman–Crippen LogP) is 1.65. The van der Waals surface area contributed by atoms with E-state index in [2.05, 4.69) is 32.3 Å². The number of likely N-dealkylation sites (tertiary alicyclic amines) is 1. The molecule has 0 aromatic rings. The van der Waals surface area contributed by atoms with Crippen molar-refractivity contribution in [3.63, 3.8) is 0 Å². The van der Waals surface area contributed by atoms with E-state index in [1.165, 1.54) is 18.9 Å². The van der Waals surface area contributed by atoms with Gasteiger partial charge in [-0.25, -0.2) is 0 Å². The van der Waals surface area contributed by atoms with Crippen molar-refractivity contribution in [2.45, 2.75) is 51.2 Å². The minimum atomic E-state index is 0.0884. The number of piperazine rings is 1. The number of carbonyl (C=O) groups is 1. The van der Waals surface area contributed by atoms with Gasteiger partial charge in [0.1, 0.15) is 0 Å². The zero-order valence-electron chi connectivity index (χ0n) is 10.6. The van der Waals surface area contributed by atoms with Crippen LogP contribution in [-0.4, -0.2) is 46.4 Å². The SMILES string of the molecule is C=CC(=O)N1C[C@H]2CC[C@@H](C1)N2C(C)(C)C. The van der Waals surface area contributed by atoms with Crippen LogP contribution in [0.2, 0.25) is 0 Å². The van der Waals surface area contributed by atoms with Crippen LogP contribution in [0.3, 0.4) is 0 Å². The maximum Gasteiger partial charge on any atom is 0.246 e. The van der Waals surface area contributed by atoms with Crippen molar-refractivity contribution in [2.75, 3.05) is 13.1 Å². The van der Waals surface area contributed by atoms with E-state index < -0.39 is 0 Å². The van der Waals surface area contributed by atoms with Crippen molar-refractivity contribution in [3.05, 3.63) is 12.7 Å². The van der Waals surface area contributed by atoms with Gasteiger partial charge in [-0.1, -0.05) is 6.58 Å². The second-order valence-electron chi connectivity index (χ2n) is 5.91. The van der Waals surface area contributed by atoms with Crippen molar-refractivity contribution in [1.82, 2.24) is 9.80 Å². The van der Waals surface area contributed by atoms with Crippen LogP contribution in [0.5, 0.6) is 0 Å². The average Bonchev–Trinajstić information content (AvgIpc) is 2.49. The van der Waals surface area contributed by atoms with Crippen molar-refractivity contribution in [2.24, 2.45) is 0 Å². The molecule has 0 radical (unpaired) electrons. The molecule has 0 aromatic heterocycles. The lowest BCUT2D eigenvalue weighted by Gasteiger charge is -2.47. The Morgan fingerprint density at radius 2 is 1.75 bits per heavy atom. The van der Waals surface area contributed by atoms with Gasteiger partial charge in [0.25, 0.3) is 0 Å². The van der Waals surface area contributed by atoms with E-state index in [0.717, 1.165) is 13.1 Å². The summed E-state index contributed by atoms with van der Waals surface area (Å²) in [5, 5.41) is 0. The molecule has 0 aliphatic carbocycles. The molecule has 16 heavy (non-hydrogen) atoms. The van der Waals surface area contributed by atoms with E-state index in [4.69, 9.17) is 0 Å². The van der Waals surface area contributed by atoms with E-state index in [0.29, 0.717) is 12.1 Å². The minimum absolute atomic E-state index is 0.0884. The van der Waals surface area contributed by atoms with Crippen LogP contribution >= 0.6 is 0 Å². The van der Waals surface area contributed by atoms with Gasteiger partial charge in [-0.3, -0.25) is 9.69 Å². The zero-order chi connectivity index (χ0) is 11.9. The molecule has 0 aromatic carbocycles. The second-order valence-corrected chi connectivity index (χ2v) is 5.91. The summed E-state index contributed by atoms with van der Waals surface area (Å²) in [7, 11) is 0. The van der Waals surface area contributed by atoms with Gasteiger partial charge >= 0.3 is 0 Å². The summed E-state index contributed by atoms with van der Waals surface area (Å²) < 4.78 is 0. The second kappa shape index (κ2) is 3.88. The lowest BCUT2D eigenvalue weighted by atomic mass is 10.0. The van der Waals surface area contributed by atoms with Crippen molar-refractivity contribution < 1.29 is 4.79 Å². The smallest absolute Gasteiger partial charge is 0.246 e. The molecule has 2 fully saturated rings. The first-order chi connectivity index (χ1) is 7.43. The van der Waals surface area contributed by atoms with Gasteiger partial charge in [0.15, 0.2) is 0 Å². The highest BCUT2D eigenvalue weighted by molar-refractivity contribution is 5.87. The Morgan fingerprint density at radius 3 is 2.12 bits per heavy atom. The molecule has 2 bridgehead atoms. The molecule has 3 nitrogen and oxygen atoms in total. The Labute approximate surface area is 98.1 Å². The molecule has 90 valence electrons. The molecule has 2 rings (SSSR count). The molecule has 1 amide bonds. The van der Waals surface area contributed by atoms with Gasteiger partial charge in [-0.2, -0.15) is 0 Å². The molecule has 0 N–H and O–H groups in total. The molecule has 2 saturated heterocycles. The number of nitrogens with zero attached hydrogens (tertiary/aromatic N) is 2. The van der Waals surface area contributed by atoms with Crippen molar-refractivity contribution in [1.29, 1.82) is 0 Å². The van der Waals surface area contributed by atoms with Gasteiger partial charge in [0.05, 0.1) is 0 Å². The van der Waals surface area contributed by atoms with E-state index in [-0.39, 0.29) is 11.4 Å². The number of rotatable bonds is 1. The van der Waals surface area contributed by atoms with Gasteiger partial charge in [-0.05, 0) is 39.7 Å². The van der Waals surface area contributed by atoms with Gasteiger partial charge in [0.2, 0.25) is 5.91 Å². The van der Waals surface area contributed by atoms with E-state index in [9.17, 15) is 4.79 Å². The minimum Gasteiger partial charge on any atom is -0.336 e. The third-order valence-corrected chi connectivity index (χ3v) is 3.74. The molecule has 2 atom stereocenters. The summed E-state index contributed by atoms with van der Waals surface area (Å²) in [6.07, 6.45) is 3.89. The predicted molar refractivity (Wildman–Crippen MR) is 65.2 cm³/mol. The summed E-state index contributed by atoms with van der Waals surface area (Å²) in [5.74, 6) is 0.0884. The molecular weight excluding hydrogens is 200 g/mol. The Kier molecular flexibility index (Phi) is 2.82. The monoisotopic (exact) mass is 222 g/mol. The third-order valence-electron chi connectivity index (χ3n) is 3.74. The quantitative estimate of drug-likeness (QED) is 0.630. The highest BCUT2D eigenvalue weighted by Gasteiger charge is 2.45. The summed E-state index contributed by atoms with van der Waals surface area (Å²) in [6, 6.07) is 1.09. The lowest BCUT2D eigenvalue weighted by Crippen LogP contribution is -2.60. The third kappa shape index (κ3) is 1.88. The van der Waals surface area contributed by atoms with Crippen LogP contribution in [0.1, 0.15) is 33.6 Å². The van der Waals surface area contributed by atoms with Gasteiger partial charge in [0, 0.05) is 30.7 Å². The number of fused-ring (bicyclic) bond motifs is 2. The highest BCUT2D eigenvalue weighted by atomic mass is 16.2. The number of hydrogen-bond donors (Lipinski definition) is 0. The van der Waals surface area contributed by atoms with Gasteiger partial charge < -0.3 is 4.90 Å². The Balaban J connectivity index is 2.12. The average molecular weight is 222 g/mol. The van der Waals surface area contributed by atoms with E-state index in [1.54, 1.807) is 0 Å². The fraction of sp³-hybridized carbons (Fsp3) is 0.769. The summed E-state index contributed by atoms with van der Waals surface area (Å²) >= 11 is 0. The topological polar surface area (TPSA) is 23.6 Å². The van der Waals surface area contributed by atoms with E-state index in [1.807, 2.05) is 4.90 Å². The van der Waals surface area contributed by atoms with Crippen LogP contribution in [-0.2, 0) is 4.79 Å². The largest absolute Gasteiger partial charge is 0.336 e. The Hall–Kier alpha value is -0.830. The fourth-order valence-electron chi connectivity index (χ4n) is 3.31. The summed E-state index contributed by atoms with van der Waals surface area (Å²) in [6.45, 7) is 12.1. The van der Waals surface area contributed by atoms with Crippen LogP contribution in [0.15, 0.2) is 12.7 Å². The number of carbonyl (C=O) groups excluding carboxylic acids is 1. The van der Waals surface area contributed by atoms with Crippen LogP contribution in [0.25, 0.3) is 0 Å². The maximum atomic E-state index is 11.6. The number of amides is 1. The molecule has 0 unspecified atom stereocenters. The Bertz CT molecular complexity index is 292. The molecule has 3 heteroatoms. The molecule has 2 aliphatic heterocycles. The molecule has 0 spiro atoms. The number of hydrogen-bond acceptors (Lipinski definition) is 2. The molecule has 0 saturated carbocycles. The molecule has 2 aliphatic rings. The zero-order valence-corrected chi connectivity index (χ0v) is 10.6. The first-order valence-electron chi connectivity index (χ1n) is 6.13. The van der Waals surface area contributed by atoms with Gasteiger partial charge in [-0.15, -0.1) is 0 Å².